The van der Waals surface area contributed by atoms with Crippen molar-refractivity contribution in [3.63, 3.8) is 0 Å². The molecular formula is C28H34FN3O4S. The van der Waals surface area contributed by atoms with Crippen LogP contribution >= 0.6 is 12.6 Å². The van der Waals surface area contributed by atoms with Gasteiger partial charge in [0.15, 0.2) is 0 Å². The lowest BCUT2D eigenvalue weighted by atomic mass is 9.98. The number of carbonyl (C=O) groups excluding carboxylic acids is 1. The van der Waals surface area contributed by atoms with Crippen molar-refractivity contribution in [2.45, 2.75) is 47.2 Å². The zero-order valence-corrected chi connectivity index (χ0v) is 22.5. The van der Waals surface area contributed by atoms with Crippen molar-refractivity contribution in [3.05, 3.63) is 70.8 Å². The molecule has 3 rings (SSSR count). The van der Waals surface area contributed by atoms with Gasteiger partial charge in [0.05, 0.1) is 36.6 Å². The summed E-state index contributed by atoms with van der Waals surface area (Å²) in [6.45, 7) is 8.54. The molecule has 0 bridgehead atoms. The van der Waals surface area contributed by atoms with E-state index in [0.717, 1.165) is 12.1 Å². The SMILES string of the molecule is CCOc1nc(C)c(CNC(=O)[C@@H](CS)CC(C)C)n1Cc1ccc(-c2ccccc2C(=O)O)cc1F. The van der Waals surface area contributed by atoms with Crippen LogP contribution in [0.15, 0.2) is 42.5 Å². The second kappa shape index (κ2) is 12.8. The highest BCUT2D eigenvalue weighted by Gasteiger charge is 2.22. The minimum absolute atomic E-state index is 0.0820. The van der Waals surface area contributed by atoms with Gasteiger partial charge in [-0.05, 0) is 49.4 Å². The minimum atomic E-state index is -1.07. The number of aryl methyl sites for hydroxylation is 1. The molecule has 1 atom stereocenters. The number of carboxylic acids is 1. The van der Waals surface area contributed by atoms with E-state index in [1.807, 2.05) is 13.8 Å². The molecule has 0 aliphatic rings. The first-order valence-electron chi connectivity index (χ1n) is 12.3. The number of ether oxygens (including phenoxy) is 1. The fourth-order valence-corrected chi connectivity index (χ4v) is 4.60. The Kier molecular flexibility index (Phi) is 9.74. The molecule has 0 radical (unpaired) electrons. The summed E-state index contributed by atoms with van der Waals surface area (Å²) < 4.78 is 22.8. The molecular weight excluding hydrogens is 493 g/mol. The Morgan fingerprint density at radius 2 is 1.95 bits per heavy atom. The molecule has 0 saturated heterocycles. The Labute approximate surface area is 222 Å². The molecule has 3 aromatic rings. The number of imidazole rings is 1. The van der Waals surface area contributed by atoms with E-state index in [2.05, 4.69) is 36.8 Å². The van der Waals surface area contributed by atoms with Crippen LogP contribution in [0.4, 0.5) is 4.39 Å². The number of carboxylic acid groups (broad SMARTS) is 1. The van der Waals surface area contributed by atoms with E-state index < -0.39 is 11.8 Å². The largest absolute Gasteiger partial charge is 0.478 e. The van der Waals surface area contributed by atoms with Gasteiger partial charge in [-0.1, -0.05) is 44.2 Å². The summed E-state index contributed by atoms with van der Waals surface area (Å²) in [7, 11) is 0. The summed E-state index contributed by atoms with van der Waals surface area (Å²) >= 11 is 4.34. The van der Waals surface area contributed by atoms with Crippen LogP contribution < -0.4 is 10.1 Å². The average molecular weight is 528 g/mol. The van der Waals surface area contributed by atoms with Crippen LogP contribution in [0.2, 0.25) is 0 Å². The predicted octanol–water partition coefficient (Wildman–Crippen LogP) is 5.35. The van der Waals surface area contributed by atoms with Crippen molar-refractivity contribution in [3.8, 4) is 17.1 Å². The number of halogens is 1. The molecule has 0 fully saturated rings. The third kappa shape index (κ3) is 6.91. The normalized spacial score (nSPS) is 12.0. The highest BCUT2D eigenvalue weighted by Crippen LogP contribution is 2.27. The molecule has 0 saturated carbocycles. The third-order valence-electron chi connectivity index (χ3n) is 6.14. The Morgan fingerprint density at radius 1 is 1.22 bits per heavy atom. The summed E-state index contributed by atoms with van der Waals surface area (Å²) in [6.07, 6.45) is 0.736. The van der Waals surface area contributed by atoms with Gasteiger partial charge in [0.2, 0.25) is 5.91 Å². The van der Waals surface area contributed by atoms with Crippen LogP contribution in [0.3, 0.4) is 0 Å². The first kappa shape index (κ1) is 28.2. The summed E-state index contributed by atoms with van der Waals surface area (Å²) in [5.41, 5.74) is 2.81. The van der Waals surface area contributed by atoms with Crippen LogP contribution in [-0.2, 0) is 17.9 Å². The van der Waals surface area contributed by atoms with Crippen molar-refractivity contribution < 1.29 is 23.8 Å². The van der Waals surface area contributed by atoms with Gasteiger partial charge in [0.25, 0.3) is 6.01 Å². The molecule has 37 heavy (non-hydrogen) atoms. The number of nitrogens with zero attached hydrogens (tertiary/aromatic N) is 2. The highest BCUT2D eigenvalue weighted by molar-refractivity contribution is 7.80. The summed E-state index contributed by atoms with van der Waals surface area (Å²) in [5, 5.41) is 12.5. The van der Waals surface area contributed by atoms with Crippen LogP contribution in [0, 0.1) is 24.6 Å². The van der Waals surface area contributed by atoms with Gasteiger partial charge in [0, 0.05) is 17.2 Å². The lowest BCUT2D eigenvalue weighted by molar-refractivity contribution is -0.125. The van der Waals surface area contributed by atoms with Gasteiger partial charge in [-0.3, -0.25) is 9.36 Å². The van der Waals surface area contributed by atoms with Gasteiger partial charge in [-0.2, -0.15) is 12.6 Å². The van der Waals surface area contributed by atoms with E-state index in [1.54, 1.807) is 34.9 Å². The molecule has 9 heteroatoms. The maximum Gasteiger partial charge on any atom is 0.336 e. The molecule has 0 unspecified atom stereocenters. The molecule has 1 amide bonds. The molecule has 2 N–H and O–H groups in total. The number of carbonyl (C=O) groups is 2. The number of aromatic nitrogens is 2. The minimum Gasteiger partial charge on any atom is -0.478 e. The smallest absolute Gasteiger partial charge is 0.336 e. The van der Waals surface area contributed by atoms with Crippen molar-refractivity contribution in [1.82, 2.24) is 14.9 Å². The third-order valence-corrected chi connectivity index (χ3v) is 6.58. The zero-order valence-electron chi connectivity index (χ0n) is 21.6. The number of hydrogen-bond donors (Lipinski definition) is 3. The predicted molar refractivity (Wildman–Crippen MR) is 145 cm³/mol. The van der Waals surface area contributed by atoms with Crippen LogP contribution in [0.25, 0.3) is 11.1 Å². The molecule has 7 nitrogen and oxygen atoms in total. The second-order valence-electron chi connectivity index (χ2n) is 9.33. The van der Waals surface area contributed by atoms with Crippen LogP contribution in [-0.4, -0.2) is 38.9 Å². The fraction of sp³-hybridized carbons (Fsp3) is 0.393. The Bertz CT molecular complexity index is 1260. The maximum atomic E-state index is 15.3. The van der Waals surface area contributed by atoms with Gasteiger partial charge < -0.3 is 15.2 Å². The lowest BCUT2D eigenvalue weighted by Crippen LogP contribution is -2.33. The van der Waals surface area contributed by atoms with Gasteiger partial charge >= 0.3 is 5.97 Å². The van der Waals surface area contributed by atoms with Gasteiger partial charge in [-0.25, -0.2) is 14.2 Å². The van der Waals surface area contributed by atoms with Crippen molar-refractivity contribution in [2.75, 3.05) is 12.4 Å². The lowest BCUT2D eigenvalue weighted by Gasteiger charge is -2.18. The molecule has 1 heterocycles. The summed E-state index contributed by atoms with van der Waals surface area (Å²) in [6, 6.07) is 11.5. The topological polar surface area (TPSA) is 93.5 Å². The standard InChI is InChI=1S/C28H34FN3O4S/c1-5-36-28-31-18(4)25(14-30-26(33)21(16-37)12-17(2)3)32(28)15-20-11-10-19(13-24(20)29)22-8-6-7-9-23(22)27(34)35/h6-11,13,17,21,37H,5,12,14-16H2,1-4H3,(H,30,33)(H,34,35)/t21-/m1/s1. The molecule has 1 aromatic heterocycles. The fourth-order valence-electron chi connectivity index (χ4n) is 4.29. The molecule has 0 aliphatic carbocycles. The quantitative estimate of drug-likeness (QED) is 0.276. The maximum absolute atomic E-state index is 15.3. The monoisotopic (exact) mass is 527 g/mol. The van der Waals surface area contributed by atoms with E-state index in [9.17, 15) is 14.7 Å². The number of nitrogens with one attached hydrogen (secondary N) is 1. The summed E-state index contributed by atoms with van der Waals surface area (Å²) in [4.78, 5) is 28.9. The first-order valence-corrected chi connectivity index (χ1v) is 13.0. The first-order chi connectivity index (χ1) is 17.7. The van der Waals surface area contributed by atoms with Gasteiger partial charge in [-0.15, -0.1) is 0 Å². The van der Waals surface area contributed by atoms with Crippen molar-refractivity contribution in [1.29, 1.82) is 0 Å². The Balaban J connectivity index is 1.89. The van der Waals surface area contributed by atoms with E-state index in [0.29, 0.717) is 46.7 Å². The Morgan fingerprint density at radius 3 is 2.57 bits per heavy atom. The second-order valence-corrected chi connectivity index (χ2v) is 9.69. The molecule has 0 aliphatic heterocycles. The van der Waals surface area contributed by atoms with E-state index in [1.165, 1.54) is 12.1 Å². The highest BCUT2D eigenvalue weighted by atomic mass is 32.1. The summed E-state index contributed by atoms with van der Waals surface area (Å²) in [5.74, 6) is -1.02. The van der Waals surface area contributed by atoms with E-state index in [-0.39, 0.29) is 30.5 Å². The van der Waals surface area contributed by atoms with Crippen LogP contribution in [0.5, 0.6) is 6.01 Å². The molecule has 198 valence electrons. The van der Waals surface area contributed by atoms with Crippen molar-refractivity contribution in [2.24, 2.45) is 11.8 Å². The number of amides is 1. The Hall–Kier alpha value is -3.33. The van der Waals surface area contributed by atoms with E-state index in [4.69, 9.17) is 4.74 Å². The van der Waals surface area contributed by atoms with Crippen molar-refractivity contribution >= 4 is 24.5 Å². The average Bonchev–Trinajstić information content (AvgIpc) is 3.15. The molecule has 2 aromatic carbocycles. The number of hydrogen-bond acceptors (Lipinski definition) is 5. The van der Waals surface area contributed by atoms with Crippen LogP contribution in [0.1, 0.15) is 54.5 Å². The zero-order chi connectivity index (χ0) is 27.1. The van der Waals surface area contributed by atoms with E-state index >= 15 is 4.39 Å². The van der Waals surface area contributed by atoms with Gasteiger partial charge in [0.1, 0.15) is 5.82 Å². The number of rotatable bonds is 12. The number of aromatic carboxylic acids is 1. The molecule has 0 spiro atoms. The number of thiol groups is 1. The number of benzene rings is 2.